The van der Waals surface area contributed by atoms with Crippen LogP contribution in [0.1, 0.15) is 17.2 Å². The van der Waals surface area contributed by atoms with Gasteiger partial charge in [-0.2, -0.15) is 0 Å². The van der Waals surface area contributed by atoms with Crippen LogP contribution in [0.5, 0.6) is 0 Å². The molecular weight excluding hydrogens is 414 g/mol. The third kappa shape index (κ3) is 5.15. The summed E-state index contributed by atoms with van der Waals surface area (Å²) in [5.41, 5.74) is 1.90. The minimum Gasteiger partial charge on any atom is -0.375 e. The molecule has 26 heavy (non-hydrogen) atoms. The van der Waals surface area contributed by atoms with Gasteiger partial charge in [0, 0.05) is 32.5 Å². The number of ether oxygens (including phenoxy) is 1. The second-order valence-corrected chi connectivity index (χ2v) is 7.54. The van der Waals surface area contributed by atoms with E-state index in [1.165, 1.54) is 0 Å². The monoisotopic (exact) mass is 428 g/mol. The molecule has 0 radical (unpaired) electrons. The van der Waals surface area contributed by atoms with Crippen molar-refractivity contribution in [2.45, 2.75) is 19.1 Å². The fourth-order valence-corrected chi connectivity index (χ4v) is 3.57. The Bertz CT molecular complexity index is 868. The Labute approximate surface area is 172 Å². The predicted octanol–water partition coefficient (Wildman–Crippen LogP) is 6.50. The van der Waals surface area contributed by atoms with Gasteiger partial charge in [0.15, 0.2) is 0 Å². The van der Waals surface area contributed by atoms with E-state index in [9.17, 15) is 0 Å². The highest BCUT2D eigenvalue weighted by molar-refractivity contribution is 6.35. The van der Waals surface area contributed by atoms with Crippen LogP contribution in [-0.4, -0.2) is 16.2 Å². The minimum atomic E-state index is 0.0438. The van der Waals surface area contributed by atoms with E-state index in [1.807, 2.05) is 29.0 Å². The van der Waals surface area contributed by atoms with Crippen LogP contribution in [0.2, 0.25) is 20.1 Å². The third-order valence-corrected chi connectivity index (χ3v) is 5.17. The van der Waals surface area contributed by atoms with Gasteiger partial charge in [-0.1, -0.05) is 58.5 Å². The van der Waals surface area contributed by atoms with Crippen molar-refractivity contribution in [1.82, 2.24) is 9.55 Å². The van der Waals surface area contributed by atoms with Crippen molar-refractivity contribution in [2.75, 3.05) is 6.61 Å². The van der Waals surface area contributed by atoms with Crippen molar-refractivity contribution in [2.24, 2.45) is 0 Å². The van der Waals surface area contributed by atoms with Gasteiger partial charge in [-0.15, -0.1) is 0 Å². The predicted molar refractivity (Wildman–Crippen MR) is 108 cm³/mol. The average molecular weight is 430 g/mol. The quantitative estimate of drug-likeness (QED) is 0.428. The molecule has 3 nitrogen and oxygen atoms in total. The highest BCUT2D eigenvalue weighted by Crippen LogP contribution is 2.26. The largest absolute Gasteiger partial charge is 0.375 e. The first-order valence-electron chi connectivity index (χ1n) is 7.96. The van der Waals surface area contributed by atoms with E-state index in [-0.39, 0.29) is 6.04 Å². The van der Waals surface area contributed by atoms with Crippen LogP contribution in [-0.2, 0) is 17.8 Å². The van der Waals surface area contributed by atoms with E-state index in [0.29, 0.717) is 39.7 Å². The van der Waals surface area contributed by atoms with Crippen LogP contribution >= 0.6 is 46.4 Å². The number of nitrogens with zero attached hydrogens (tertiary/aromatic N) is 2. The van der Waals surface area contributed by atoms with Gasteiger partial charge < -0.3 is 9.30 Å². The normalized spacial score (nSPS) is 12.3. The molecule has 0 amide bonds. The summed E-state index contributed by atoms with van der Waals surface area (Å²) >= 11 is 24.4. The SMILES string of the molecule is Clc1ccc(COC[C@@H](Cc2ccc(Cl)cc2Cl)n2ccnc2)c(Cl)c1. The molecule has 1 atom stereocenters. The van der Waals surface area contributed by atoms with Gasteiger partial charge in [0.1, 0.15) is 0 Å². The number of aromatic nitrogens is 2. The molecule has 0 aliphatic carbocycles. The van der Waals surface area contributed by atoms with Crippen molar-refractivity contribution in [3.05, 3.63) is 86.3 Å². The number of hydrogen-bond donors (Lipinski definition) is 0. The van der Waals surface area contributed by atoms with E-state index in [1.54, 1.807) is 30.7 Å². The molecule has 3 rings (SSSR count). The molecule has 0 unspecified atom stereocenters. The second kappa shape index (κ2) is 9.12. The molecule has 1 heterocycles. The summed E-state index contributed by atoms with van der Waals surface area (Å²) in [4.78, 5) is 4.13. The average Bonchev–Trinajstić information content (AvgIpc) is 3.12. The summed E-state index contributed by atoms with van der Waals surface area (Å²) < 4.78 is 7.93. The van der Waals surface area contributed by atoms with Gasteiger partial charge in [-0.25, -0.2) is 4.98 Å². The molecule has 0 saturated carbocycles. The summed E-state index contributed by atoms with van der Waals surface area (Å²) in [6.07, 6.45) is 6.12. The lowest BCUT2D eigenvalue weighted by atomic mass is 10.1. The first kappa shape index (κ1) is 19.5. The highest BCUT2D eigenvalue weighted by Gasteiger charge is 2.15. The summed E-state index contributed by atoms with van der Waals surface area (Å²) in [5.74, 6) is 0. The molecule has 2 aromatic carbocycles. The molecular formula is C19H16Cl4N2O. The summed E-state index contributed by atoms with van der Waals surface area (Å²) in [7, 11) is 0. The first-order chi connectivity index (χ1) is 12.5. The van der Waals surface area contributed by atoms with E-state index in [2.05, 4.69) is 4.98 Å². The number of hydrogen-bond acceptors (Lipinski definition) is 2. The van der Waals surface area contributed by atoms with E-state index in [4.69, 9.17) is 51.1 Å². The fraction of sp³-hybridized carbons (Fsp3) is 0.211. The lowest BCUT2D eigenvalue weighted by molar-refractivity contribution is 0.0898. The lowest BCUT2D eigenvalue weighted by Crippen LogP contribution is -2.17. The Balaban J connectivity index is 1.69. The standard InChI is InChI=1S/C19H16Cl4N2O/c20-15-3-1-13(18(22)8-15)7-17(25-6-5-24-12-25)11-26-10-14-2-4-16(21)9-19(14)23/h1-6,8-9,12,17H,7,10-11H2/t17-/m1/s1. The van der Waals surface area contributed by atoms with Crippen LogP contribution < -0.4 is 0 Å². The maximum atomic E-state index is 6.32. The van der Waals surface area contributed by atoms with Gasteiger partial charge in [0.2, 0.25) is 0 Å². The van der Waals surface area contributed by atoms with Crippen molar-refractivity contribution < 1.29 is 4.74 Å². The number of halogens is 4. The van der Waals surface area contributed by atoms with Crippen molar-refractivity contribution in [3.8, 4) is 0 Å². The van der Waals surface area contributed by atoms with Crippen LogP contribution in [0.25, 0.3) is 0 Å². The molecule has 0 bridgehead atoms. The zero-order valence-corrected chi connectivity index (χ0v) is 16.7. The number of rotatable bonds is 7. The Morgan fingerprint density at radius 2 is 1.58 bits per heavy atom. The van der Waals surface area contributed by atoms with E-state index < -0.39 is 0 Å². The molecule has 0 aliphatic rings. The zero-order chi connectivity index (χ0) is 18.5. The van der Waals surface area contributed by atoms with E-state index in [0.717, 1.165) is 11.1 Å². The Morgan fingerprint density at radius 3 is 2.15 bits per heavy atom. The molecule has 0 saturated heterocycles. The topological polar surface area (TPSA) is 27.1 Å². The molecule has 136 valence electrons. The lowest BCUT2D eigenvalue weighted by Gasteiger charge is -2.20. The molecule has 0 spiro atoms. The molecule has 0 N–H and O–H groups in total. The smallest absolute Gasteiger partial charge is 0.0949 e. The van der Waals surface area contributed by atoms with Gasteiger partial charge >= 0.3 is 0 Å². The van der Waals surface area contributed by atoms with Crippen LogP contribution in [0, 0.1) is 0 Å². The van der Waals surface area contributed by atoms with Crippen LogP contribution in [0.4, 0.5) is 0 Å². The Morgan fingerprint density at radius 1 is 0.923 bits per heavy atom. The highest BCUT2D eigenvalue weighted by atomic mass is 35.5. The minimum absolute atomic E-state index is 0.0438. The molecule has 0 fully saturated rings. The first-order valence-corrected chi connectivity index (χ1v) is 9.47. The van der Waals surface area contributed by atoms with Crippen LogP contribution in [0.15, 0.2) is 55.1 Å². The zero-order valence-electron chi connectivity index (χ0n) is 13.7. The summed E-state index contributed by atoms with van der Waals surface area (Å²) in [6.45, 7) is 0.879. The van der Waals surface area contributed by atoms with Gasteiger partial charge in [0.05, 0.1) is 25.6 Å². The summed E-state index contributed by atoms with van der Waals surface area (Å²) in [5, 5.41) is 2.46. The Kier molecular flexibility index (Phi) is 6.85. The molecule has 0 aliphatic heterocycles. The second-order valence-electron chi connectivity index (χ2n) is 5.85. The van der Waals surface area contributed by atoms with Crippen molar-refractivity contribution in [3.63, 3.8) is 0 Å². The van der Waals surface area contributed by atoms with Crippen LogP contribution in [0.3, 0.4) is 0 Å². The van der Waals surface area contributed by atoms with Crippen molar-refractivity contribution >= 4 is 46.4 Å². The molecule has 3 aromatic rings. The van der Waals surface area contributed by atoms with Gasteiger partial charge in [-0.05, 0) is 41.8 Å². The number of imidazole rings is 1. The van der Waals surface area contributed by atoms with E-state index >= 15 is 0 Å². The van der Waals surface area contributed by atoms with Crippen molar-refractivity contribution in [1.29, 1.82) is 0 Å². The Hall–Kier alpha value is -1.23. The third-order valence-electron chi connectivity index (χ3n) is 4.00. The summed E-state index contributed by atoms with van der Waals surface area (Å²) in [6, 6.07) is 10.9. The van der Waals surface area contributed by atoms with Gasteiger partial charge in [-0.3, -0.25) is 0 Å². The molecule has 7 heteroatoms. The number of benzene rings is 2. The van der Waals surface area contributed by atoms with Gasteiger partial charge in [0.25, 0.3) is 0 Å². The maximum Gasteiger partial charge on any atom is 0.0949 e. The maximum absolute atomic E-state index is 6.32. The fourth-order valence-electron chi connectivity index (χ4n) is 2.62. The molecule has 1 aromatic heterocycles.